The molecular formula is C24H28N4O2. The van der Waals surface area contributed by atoms with E-state index in [1.165, 1.54) is 0 Å². The topological polar surface area (TPSA) is 67.2 Å². The molecule has 1 aliphatic heterocycles. The summed E-state index contributed by atoms with van der Waals surface area (Å²) in [4.78, 5) is 32.9. The van der Waals surface area contributed by atoms with Gasteiger partial charge in [-0.25, -0.2) is 4.98 Å². The Hall–Kier alpha value is -3.15. The van der Waals surface area contributed by atoms with Crippen LogP contribution in [0.1, 0.15) is 56.6 Å². The van der Waals surface area contributed by atoms with E-state index in [4.69, 9.17) is 4.98 Å². The lowest BCUT2D eigenvalue weighted by Crippen LogP contribution is -2.46. The van der Waals surface area contributed by atoms with Crippen molar-refractivity contribution >= 4 is 22.8 Å². The number of carbonyl (C=O) groups is 2. The van der Waals surface area contributed by atoms with E-state index in [0.29, 0.717) is 13.1 Å². The van der Waals surface area contributed by atoms with Crippen LogP contribution in [-0.4, -0.2) is 32.8 Å². The maximum absolute atomic E-state index is 13.6. The van der Waals surface area contributed by atoms with Gasteiger partial charge in [0.1, 0.15) is 11.9 Å². The fourth-order valence-corrected chi connectivity index (χ4v) is 4.14. The van der Waals surface area contributed by atoms with E-state index in [9.17, 15) is 9.59 Å². The number of nitrogens with one attached hydrogen (secondary N) is 1. The number of unbranched alkanes of at least 4 members (excludes halogenated alkanes) is 1. The Labute approximate surface area is 176 Å². The predicted octanol–water partition coefficient (Wildman–Crippen LogP) is 3.99. The maximum atomic E-state index is 13.6. The normalized spacial score (nSPS) is 18.5. The van der Waals surface area contributed by atoms with Gasteiger partial charge in [0.15, 0.2) is 0 Å². The summed E-state index contributed by atoms with van der Waals surface area (Å²) in [7, 11) is 0. The first kappa shape index (κ1) is 20.1. The fourth-order valence-electron chi connectivity index (χ4n) is 4.14. The lowest BCUT2D eigenvalue weighted by atomic mass is 10.0. The molecule has 4 rings (SSSR count). The number of benzene rings is 2. The average molecular weight is 405 g/mol. The van der Waals surface area contributed by atoms with Crippen LogP contribution < -0.4 is 5.32 Å². The molecule has 6 nitrogen and oxygen atoms in total. The Morgan fingerprint density at radius 3 is 2.60 bits per heavy atom. The summed E-state index contributed by atoms with van der Waals surface area (Å²) < 4.78 is 1.98. The van der Waals surface area contributed by atoms with Crippen LogP contribution >= 0.6 is 0 Å². The Kier molecular flexibility index (Phi) is 5.84. The summed E-state index contributed by atoms with van der Waals surface area (Å²) in [5.41, 5.74) is 2.82. The van der Waals surface area contributed by atoms with E-state index >= 15 is 0 Å². The van der Waals surface area contributed by atoms with E-state index < -0.39 is 6.04 Å². The second-order valence-electron chi connectivity index (χ2n) is 7.88. The molecular weight excluding hydrogens is 376 g/mol. The molecule has 1 N–H and O–H groups in total. The van der Waals surface area contributed by atoms with Gasteiger partial charge in [-0.15, -0.1) is 0 Å². The molecule has 0 saturated carbocycles. The number of carbonyl (C=O) groups excluding carboxylic acids is 2. The number of amides is 2. The second kappa shape index (κ2) is 8.69. The molecule has 1 aromatic heterocycles. The van der Waals surface area contributed by atoms with Crippen molar-refractivity contribution < 1.29 is 9.59 Å². The van der Waals surface area contributed by atoms with E-state index in [0.717, 1.165) is 35.3 Å². The number of nitrogens with zero attached hydrogens (tertiary/aromatic N) is 3. The Morgan fingerprint density at radius 2 is 1.83 bits per heavy atom. The first-order chi connectivity index (χ1) is 14.6. The molecule has 0 bridgehead atoms. The molecule has 0 radical (unpaired) electrons. The Morgan fingerprint density at radius 1 is 1.10 bits per heavy atom. The highest BCUT2D eigenvalue weighted by Gasteiger charge is 2.40. The number of aromatic nitrogens is 2. The number of hydrogen-bond donors (Lipinski definition) is 1. The maximum Gasteiger partial charge on any atom is 0.247 e. The third-order valence-corrected chi connectivity index (χ3v) is 5.77. The van der Waals surface area contributed by atoms with Gasteiger partial charge in [0.05, 0.1) is 23.5 Å². The third kappa shape index (κ3) is 3.82. The molecule has 30 heavy (non-hydrogen) atoms. The fraction of sp³-hybridized carbons (Fsp3) is 0.375. The van der Waals surface area contributed by atoms with Gasteiger partial charge in [-0.3, -0.25) is 9.59 Å². The summed E-state index contributed by atoms with van der Waals surface area (Å²) in [6.45, 7) is 5.23. The molecule has 0 aliphatic carbocycles. The van der Waals surface area contributed by atoms with Crippen molar-refractivity contribution in [2.24, 2.45) is 0 Å². The highest BCUT2D eigenvalue weighted by molar-refractivity contribution is 5.90. The first-order valence-electron chi connectivity index (χ1n) is 10.7. The van der Waals surface area contributed by atoms with Crippen LogP contribution in [0.3, 0.4) is 0 Å². The minimum absolute atomic E-state index is 0.0346. The van der Waals surface area contributed by atoms with Gasteiger partial charge in [0, 0.05) is 13.1 Å². The molecule has 0 spiro atoms. The quantitative estimate of drug-likeness (QED) is 0.606. The summed E-state index contributed by atoms with van der Waals surface area (Å²) in [5, 5.41) is 2.95. The highest BCUT2D eigenvalue weighted by atomic mass is 16.2. The van der Waals surface area contributed by atoms with Crippen molar-refractivity contribution in [1.29, 1.82) is 0 Å². The monoisotopic (exact) mass is 404 g/mol. The number of imidazole rings is 1. The SMILES string of the molecule is CCCCNC(=O)C[C@H]1C(=O)N(Cc2ccccc2)[C@@H](C)c2nc3ccccc3n21. The van der Waals surface area contributed by atoms with Crippen molar-refractivity contribution in [1.82, 2.24) is 19.8 Å². The van der Waals surface area contributed by atoms with E-state index in [2.05, 4.69) is 12.2 Å². The molecule has 0 unspecified atom stereocenters. The van der Waals surface area contributed by atoms with Gasteiger partial charge < -0.3 is 14.8 Å². The van der Waals surface area contributed by atoms with Crippen molar-refractivity contribution in [2.75, 3.05) is 6.54 Å². The summed E-state index contributed by atoms with van der Waals surface area (Å²) in [6, 6.07) is 17.0. The molecule has 0 saturated heterocycles. The van der Waals surface area contributed by atoms with Crippen LogP contribution in [0.5, 0.6) is 0 Å². The van der Waals surface area contributed by atoms with Crippen molar-refractivity contribution in [3.63, 3.8) is 0 Å². The largest absolute Gasteiger partial charge is 0.356 e. The standard InChI is InChI=1S/C24H28N4O2/c1-3-4-14-25-22(29)15-21-24(30)27(16-18-10-6-5-7-11-18)17(2)23-26-19-12-8-9-13-20(19)28(21)23/h5-13,17,21H,3-4,14-16H2,1-2H3,(H,25,29)/t17-,21-/m0/s1. The van der Waals surface area contributed by atoms with E-state index in [1.54, 1.807) is 0 Å². The molecule has 3 aromatic rings. The van der Waals surface area contributed by atoms with Crippen molar-refractivity contribution in [3.8, 4) is 0 Å². The van der Waals surface area contributed by atoms with Gasteiger partial charge in [-0.2, -0.15) is 0 Å². The molecule has 1 aliphatic rings. The van der Waals surface area contributed by atoms with Gasteiger partial charge in [0.25, 0.3) is 0 Å². The third-order valence-electron chi connectivity index (χ3n) is 5.77. The summed E-state index contributed by atoms with van der Waals surface area (Å²) >= 11 is 0. The Balaban J connectivity index is 1.70. The first-order valence-corrected chi connectivity index (χ1v) is 10.7. The molecule has 2 atom stereocenters. The smallest absolute Gasteiger partial charge is 0.247 e. The van der Waals surface area contributed by atoms with Crippen molar-refractivity contribution in [3.05, 3.63) is 66.0 Å². The summed E-state index contributed by atoms with van der Waals surface area (Å²) in [5.74, 6) is 0.700. The minimum Gasteiger partial charge on any atom is -0.356 e. The number of rotatable bonds is 7. The molecule has 2 aromatic carbocycles. The van der Waals surface area contributed by atoms with E-state index in [-0.39, 0.29) is 24.3 Å². The number of hydrogen-bond acceptors (Lipinski definition) is 3. The van der Waals surface area contributed by atoms with Gasteiger partial charge in [0.2, 0.25) is 11.8 Å². The zero-order valence-electron chi connectivity index (χ0n) is 17.5. The minimum atomic E-state index is -0.589. The molecule has 6 heteroatoms. The van der Waals surface area contributed by atoms with Crippen LogP contribution in [0.25, 0.3) is 11.0 Å². The predicted molar refractivity (Wildman–Crippen MR) is 117 cm³/mol. The average Bonchev–Trinajstić information content (AvgIpc) is 3.15. The van der Waals surface area contributed by atoms with Crippen LogP contribution in [-0.2, 0) is 16.1 Å². The Bertz CT molecular complexity index is 1040. The molecule has 2 amide bonds. The molecule has 0 fully saturated rings. The molecule has 2 heterocycles. The van der Waals surface area contributed by atoms with Crippen LogP contribution in [0.2, 0.25) is 0 Å². The van der Waals surface area contributed by atoms with Crippen LogP contribution in [0.15, 0.2) is 54.6 Å². The van der Waals surface area contributed by atoms with Gasteiger partial charge in [-0.1, -0.05) is 55.8 Å². The van der Waals surface area contributed by atoms with E-state index in [1.807, 2.05) is 71.0 Å². The lowest BCUT2D eigenvalue weighted by Gasteiger charge is -2.38. The van der Waals surface area contributed by atoms with Gasteiger partial charge in [-0.05, 0) is 31.0 Å². The number of para-hydroxylation sites is 2. The molecule has 156 valence electrons. The lowest BCUT2D eigenvalue weighted by molar-refractivity contribution is -0.142. The second-order valence-corrected chi connectivity index (χ2v) is 7.88. The van der Waals surface area contributed by atoms with Crippen molar-refractivity contribution in [2.45, 2.75) is 51.7 Å². The van der Waals surface area contributed by atoms with Crippen LogP contribution in [0.4, 0.5) is 0 Å². The zero-order valence-corrected chi connectivity index (χ0v) is 17.5. The van der Waals surface area contributed by atoms with Crippen LogP contribution in [0, 0.1) is 0 Å². The highest BCUT2D eigenvalue weighted by Crippen LogP contribution is 2.37. The van der Waals surface area contributed by atoms with Gasteiger partial charge >= 0.3 is 0 Å². The number of fused-ring (bicyclic) bond motifs is 3. The zero-order chi connectivity index (χ0) is 21.1. The summed E-state index contributed by atoms with van der Waals surface area (Å²) in [6.07, 6.45) is 2.07.